The molecule has 1 rings (SSSR count). The van der Waals surface area contributed by atoms with E-state index in [0.29, 0.717) is 6.54 Å². The third kappa shape index (κ3) is 4.16. The Morgan fingerprint density at radius 2 is 2.10 bits per heavy atom. The zero-order valence-electron chi connectivity index (χ0n) is 12.6. The second-order valence-electron chi connectivity index (χ2n) is 5.25. The van der Waals surface area contributed by atoms with Crippen LogP contribution in [0.4, 0.5) is 5.69 Å². The second kappa shape index (κ2) is 6.53. The number of ether oxygens (including phenoxy) is 1. The van der Waals surface area contributed by atoms with Crippen molar-refractivity contribution in [2.45, 2.75) is 26.4 Å². The smallest absolute Gasteiger partial charge is 0.311 e. The molecule has 0 aliphatic carbocycles. The molecule has 7 nitrogen and oxygen atoms in total. The molecule has 116 valence electrons. The molecule has 21 heavy (non-hydrogen) atoms. The fraction of sp³-hybridized carbons (Fsp3) is 0.500. The third-order valence-corrected chi connectivity index (χ3v) is 2.87. The highest BCUT2D eigenvalue weighted by molar-refractivity contribution is 5.98. The van der Waals surface area contributed by atoms with Crippen molar-refractivity contribution < 1.29 is 19.6 Å². The van der Waals surface area contributed by atoms with E-state index in [1.165, 1.54) is 30.2 Å². The summed E-state index contributed by atoms with van der Waals surface area (Å²) in [6.45, 7) is 5.44. The van der Waals surface area contributed by atoms with Gasteiger partial charge in [0.05, 0.1) is 23.2 Å². The molecular weight excluding hydrogens is 276 g/mol. The number of hydrogen-bond acceptors (Lipinski definition) is 5. The van der Waals surface area contributed by atoms with Crippen LogP contribution in [0.25, 0.3) is 0 Å². The van der Waals surface area contributed by atoms with Gasteiger partial charge in [0.1, 0.15) is 0 Å². The number of para-hydroxylation sites is 1. The number of nitro groups is 1. The molecule has 1 N–H and O–H groups in total. The fourth-order valence-corrected chi connectivity index (χ4v) is 2.02. The maximum atomic E-state index is 12.5. The van der Waals surface area contributed by atoms with Crippen LogP contribution in [0, 0.1) is 10.1 Å². The van der Waals surface area contributed by atoms with Gasteiger partial charge < -0.3 is 14.7 Å². The van der Waals surface area contributed by atoms with Crippen molar-refractivity contribution in [1.82, 2.24) is 4.90 Å². The van der Waals surface area contributed by atoms with E-state index in [9.17, 15) is 20.0 Å². The number of aliphatic hydroxyl groups is 1. The van der Waals surface area contributed by atoms with Gasteiger partial charge in [0.25, 0.3) is 5.91 Å². The maximum Gasteiger partial charge on any atom is 0.311 e. The highest BCUT2D eigenvalue weighted by Crippen LogP contribution is 2.31. The molecule has 1 aromatic carbocycles. The first-order valence-electron chi connectivity index (χ1n) is 6.54. The minimum atomic E-state index is -1.06. The molecular formula is C14H20N2O5. The predicted octanol–water partition coefficient (Wildman–Crippen LogP) is 1.84. The Labute approximate surface area is 123 Å². The van der Waals surface area contributed by atoms with Gasteiger partial charge in [-0.2, -0.15) is 0 Å². The Morgan fingerprint density at radius 1 is 1.48 bits per heavy atom. The lowest BCUT2D eigenvalue weighted by Gasteiger charge is -2.28. The van der Waals surface area contributed by atoms with Crippen molar-refractivity contribution >= 4 is 11.6 Å². The fourth-order valence-electron chi connectivity index (χ4n) is 2.02. The summed E-state index contributed by atoms with van der Waals surface area (Å²) in [5.74, 6) is -0.484. The normalized spacial score (nSPS) is 11.1. The van der Waals surface area contributed by atoms with Gasteiger partial charge in [-0.05, 0) is 26.8 Å². The Kier molecular flexibility index (Phi) is 5.26. The molecule has 0 unspecified atom stereocenters. The molecule has 0 saturated carbocycles. The van der Waals surface area contributed by atoms with Crippen molar-refractivity contribution in [2.24, 2.45) is 0 Å². The monoisotopic (exact) mass is 296 g/mol. The number of amides is 1. The summed E-state index contributed by atoms with van der Waals surface area (Å²) in [4.78, 5) is 24.3. The largest absolute Gasteiger partial charge is 0.490 e. The lowest BCUT2D eigenvalue weighted by atomic mass is 10.1. The SMILES string of the molecule is CCN(CC(C)(C)O)C(=O)c1cccc([N+](=O)[O-])c1OC. The van der Waals surface area contributed by atoms with Crippen LogP contribution in [0.1, 0.15) is 31.1 Å². The van der Waals surface area contributed by atoms with Crippen molar-refractivity contribution in [3.63, 3.8) is 0 Å². The molecule has 7 heteroatoms. The van der Waals surface area contributed by atoms with Gasteiger partial charge in [0.15, 0.2) is 0 Å². The zero-order valence-corrected chi connectivity index (χ0v) is 12.6. The molecule has 0 spiro atoms. The molecule has 0 radical (unpaired) electrons. The summed E-state index contributed by atoms with van der Waals surface area (Å²) in [7, 11) is 1.28. The Morgan fingerprint density at radius 3 is 2.52 bits per heavy atom. The Balaban J connectivity index is 3.22. The van der Waals surface area contributed by atoms with Crippen molar-refractivity contribution in [3.05, 3.63) is 33.9 Å². The first-order chi connectivity index (χ1) is 9.71. The number of nitro benzene ring substituents is 1. The van der Waals surface area contributed by atoms with Gasteiger partial charge in [-0.3, -0.25) is 14.9 Å². The summed E-state index contributed by atoms with van der Waals surface area (Å²) in [6.07, 6.45) is 0. The minimum Gasteiger partial charge on any atom is -0.490 e. The number of likely N-dealkylation sites (N-methyl/N-ethyl adjacent to an activating group) is 1. The van der Waals surface area contributed by atoms with Crippen molar-refractivity contribution in [3.8, 4) is 5.75 Å². The maximum absolute atomic E-state index is 12.5. The van der Waals surface area contributed by atoms with E-state index in [-0.39, 0.29) is 23.5 Å². The summed E-state index contributed by atoms with van der Waals surface area (Å²) >= 11 is 0. The van der Waals surface area contributed by atoms with Crippen LogP contribution < -0.4 is 4.74 Å². The van der Waals surface area contributed by atoms with E-state index in [4.69, 9.17) is 4.74 Å². The highest BCUT2D eigenvalue weighted by atomic mass is 16.6. The molecule has 1 amide bonds. The van der Waals surface area contributed by atoms with Gasteiger partial charge in [0, 0.05) is 19.2 Å². The van der Waals surface area contributed by atoms with Crippen LogP contribution in [0.2, 0.25) is 0 Å². The van der Waals surface area contributed by atoms with E-state index in [1.54, 1.807) is 20.8 Å². The summed E-state index contributed by atoms with van der Waals surface area (Å²) in [5, 5.41) is 20.8. The van der Waals surface area contributed by atoms with Gasteiger partial charge in [-0.1, -0.05) is 6.07 Å². The average molecular weight is 296 g/mol. The second-order valence-corrected chi connectivity index (χ2v) is 5.25. The number of nitrogens with zero attached hydrogens (tertiary/aromatic N) is 2. The first kappa shape index (κ1) is 16.9. The number of carbonyl (C=O) groups excluding carboxylic acids is 1. The van der Waals surface area contributed by atoms with Crippen LogP contribution in [0.3, 0.4) is 0 Å². The number of carbonyl (C=O) groups is 1. The lowest BCUT2D eigenvalue weighted by Crippen LogP contribution is -2.42. The first-order valence-corrected chi connectivity index (χ1v) is 6.54. The molecule has 0 aromatic heterocycles. The van der Waals surface area contributed by atoms with Crippen molar-refractivity contribution in [1.29, 1.82) is 0 Å². The van der Waals surface area contributed by atoms with Gasteiger partial charge >= 0.3 is 5.69 Å². The Hall–Kier alpha value is -2.15. The molecule has 1 aromatic rings. The molecule has 0 aliphatic rings. The predicted molar refractivity (Wildman–Crippen MR) is 77.5 cm³/mol. The van der Waals surface area contributed by atoms with Gasteiger partial charge in [-0.15, -0.1) is 0 Å². The summed E-state index contributed by atoms with van der Waals surface area (Å²) in [6, 6.07) is 4.19. The summed E-state index contributed by atoms with van der Waals surface area (Å²) in [5.41, 5.74) is -1.21. The Bertz CT molecular complexity index is 537. The number of methoxy groups -OCH3 is 1. The van der Waals surface area contributed by atoms with E-state index in [0.717, 1.165) is 0 Å². The zero-order chi connectivity index (χ0) is 16.2. The van der Waals surface area contributed by atoms with Crippen LogP contribution in [0.5, 0.6) is 5.75 Å². The van der Waals surface area contributed by atoms with E-state index < -0.39 is 16.4 Å². The summed E-state index contributed by atoms with van der Waals surface area (Å²) < 4.78 is 5.03. The van der Waals surface area contributed by atoms with Crippen LogP contribution in [-0.2, 0) is 0 Å². The van der Waals surface area contributed by atoms with E-state index >= 15 is 0 Å². The number of benzene rings is 1. The average Bonchev–Trinajstić information content (AvgIpc) is 2.41. The molecule has 0 bridgehead atoms. The van der Waals surface area contributed by atoms with Crippen LogP contribution >= 0.6 is 0 Å². The van der Waals surface area contributed by atoms with Crippen LogP contribution in [-0.4, -0.2) is 46.6 Å². The van der Waals surface area contributed by atoms with Crippen molar-refractivity contribution in [2.75, 3.05) is 20.2 Å². The molecule has 0 heterocycles. The number of hydrogen-bond donors (Lipinski definition) is 1. The quantitative estimate of drug-likeness (QED) is 0.638. The topological polar surface area (TPSA) is 92.9 Å². The third-order valence-electron chi connectivity index (χ3n) is 2.87. The molecule has 0 atom stereocenters. The van der Waals surface area contributed by atoms with E-state index in [1.807, 2.05) is 0 Å². The molecule has 0 aliphatic heterocycles. The minimum absolute atomic E-state index is 0.0679. The van der Waals surface area contributed by atoms with Gasteiger partial charge in [0.2, 0.25) is 5.75 Å². The standard InChI is InChI=1S/C14H20N2O5/c1-5-15(9-14(2,3)18)13(17)10-7-6-8-11(16(19)20)12(10)21-4/h6-8,18H,5,9H2,1-4H3. The van der Waals surface area contributed by atoms with Gasteiger partial charge in [-0.25, -0.2) is 0 Å². The highest BCUT2D eigenvalue weighted by Gasteiger charge is 2.28. The molecule has 0 fully saturated rings. The number of rotatable bonds is 6. The lowest BCUT2D eigenvalue weighted by molar-refractivity contribution is -0.385. The van der Waals surface area contributed by atoms with Crippen LogP contribution in [0.15, 0.2) is 18.2 Å². The molecule has 0 saturated heterocycles. The van der Waals surface area contributed by atoms with E-state index in [2.05, 4.69) is 0 Å².